The van der Waals surface area contributed by atoms with Crippen molar-refractivity contribution in [3.63, 3.8) is 0 Å². The Kier molecular flexibility index (Phi) is 6.96. The molecule has 164 valence electrons. The zero-order chi connectivity index (χ0) is 23.1. The third-order valence-corrected chi connectivity index (χ3v) is 4.28. The fraction of sp³-hybridized carbons (Fsp3) is 0.136. The van der Waals surface area contributed by atoms with Crippen LogP contribution >= 0.6 is 0 Å². The summed E-state index contributed by atoms with van der Waals surface area (Å²) in [5.74, 6) is -0.623. The van der Waals surface area contributed by atoms with E-state index in [-0.39, 0.29) is 28.4 Å². The molecule has 0 saturated carbocycles. The Hall–Kier alpha value is -4.47. The standard InChI is InChI=1S/C22H19N3O7/c1-14(21(26)24-18-10-9-15(30-2)12-19(18)25(28)29)31-22(27)17-7-3-4-8-20(17)32-16-6-5-11-23-13-16/h3-14H,1-2H3,(H,24,26). The maximum absolute atomic E-state index is 12.7. The zero-order valence-corrected chi connectivity index (χ0v) is 17.2. The summed E-state index contributed by atoms with van der Waals surface area (Å²) in [5, 5.41) is 13.7. The Labute approximate surface area is 182 Å². The van der Waals surface area contributed by atoms with Gasteiger partial charge in [-0.05, 0) is 43.3 Å². The van der Waals surface area contributed by atoms with Crippen LogP contribution in [-0.4, -0.2) is 35.0 Å². The highest BCUT2D eigenvalue weighted by Crippen LogP contribution is 2.29. The number of anilines is 1. The lowest BCUT2D eigenvalue weighted by atomic mass is 10.2. The van der Waals surface area contributed by atoms with E-state index in [4.69, 9.17) is 14.2 Å². The summed E-state index contributed by atoms with van der Waals surface area (Å²) in [5.41, 5.74) is -0.304. The molecule has 32 heavy (non-hydrogen) atoms. The molecular weight excluding hydrogens is 418 g/mol. The molecule has 1 unspecified atom stereocenters. The van der Waals surface area contributed by atoms with E-state index in [9.17, 15) is 19.7 Å². The van der Waals surface area contributed by atoms with E-state index in [0.29, 0.717) is 5.75 Å². The first kappa shape index (κ1) is 22.2. The molecule has 2 aromatic carbocycles. The van der Waals surface area contributed by atoms with Crippen molar-refractivity contribution < 1.29 is 28.7 Å². The number of rotatable bonds is 8. The number of carbonyl (C=O) groups is 2. The molecular formula is C22H19N3O7. The first-order chi connectivity index (χ1) is 15.4. The Morgan fingerprint density at radius 3 is 2.56 bits per heavy atom. The second-order valence-electron chi connectivity index (χ2n) is 6.46. The van der Waals surface area contributed by atoms with Gasteiger partial charge in [-0.1, -0.05) is 12.1 Å². The Bertz CT molecular complexity index is 1140. The summed E-state index contributed by atoms with van der Waals surface area (Å²) in [6, 6.07) is 13.7. The third kappa shape index (κ3) is 5.36. The van der Waals surface area contributed by atoms with E-state index in [1.165, 1.54) is 44.5 Å². The minimum atomic E-state index is -1.24. The van der Waals surface area contributed by atoms with Gasteiger partial charge in [0.25, 0.3) is 11.6 Å². The average Bonchev–Trinajstić information content (AvgIpc) is 2.80. The molecule has 0 spiro atoms. The average molecular weight is 437 g/mol. The van der Waals surface area contributed by atoms with Gasteiger partial charge in [0.05, 0.1) is 24.3 Å². The molecule has 0 aliphatic rings. The van der Waals surface area contributed by atoms with Gasteiger partial charge in [-0.3, -0.25) is 19.9 Å². The number of nitrogens with zero attached hydrogens (tertiary/aromatic N) is 2. The highest BCUT2D eigenvalue weighted by molar-refractivity contribution is 5.99. The van der Waals surface area contributed by atoms with Crippen molar-refractivity contribution in [1.82, 2.24) is 4.98 Å². The highest BCUT2D eigenvalue weighted by atomic mass is 16.6. The smallest absolute Gasteiger partial charge is 0.342 e. The number of aromatic nitrogens is 1. The molecule has 0 radical (unpaired) electrons. The fourth-order valence-corrected chi connectivity index (χ4v) is 2.67. The van der Waals surface area contributed by atoms with Gasteiger partial charge in [-0.15, -0.1) is 0 Å². The van der Waals surface area contributed by atoms with E-state index in [1.807, 2.05) is 0 Å². The maximum atomic E-state index is 12.7. The summed E-state index contributed by atoms with van der Waals surface area (Å²) in [7, 11) is 1.37. The van der Waals surface area contributed by atoms with Crippen molar-refractivity contribution in [3.8, 4) is 17.2 Å². The predicted molar refractivity (Wildman–Crippen MR) is 114 cm³/mol. The van der Waals surface area contributed by atoms with Crippen LogP contribution in [0.15, 0.2) is 67.0 Å². The molecule has 0 aliphatic carbocycles. The van der Waals surface area contributed by atoms with Crippen molar-refractivity contribution in [2.75, 3.05) is 12.4 Å². The van der Waals surface area contributed by atoms with E-state index >= 15 is 0 Å². The molecule has 3 aromatic rings. The molecule has 0 saturated heterocycles. The normalized spacial score (nSPS) is 11.2. The lowest BCUT2D eigenvalue weighted by molar-refractivity contribution is -0.384. The second kappa shape index (κ2) is 10.0. The van der Waals surface area contributed by atoms with E-state index in [0.717, 1.165) is 0 Å². The van der Waals surface area contributed by atoms with Crippen LogP contribution in [0.3, 0.4) is 0 Å². The van der Waals surface area contributed by atoms with Gasteiger partial charge < -0.3 is 19.5 Å². The highest BCUT2D eigenvalue weighted by Gasteiger charge is 2.24. The van der Waals surface area contributed by atoms with Crippen LogP contribution in [0.1, 0.15) is 17.3 Å². The van der Waals surface area contributed by atoms with Gasteiger partial charge in [0, 0.05) is 6.20 Å². The number of hydrogen-bond donors (Lipinski definition) is 1. The number of nitro benzene ring substituents is 1. The molecule has 1 atom stereocenters. The topological polar surface area (TPSA) is 130 Å². The number of esters is 1. The second-order valence-corrected chi connectivity index (χ2v) is 6.46. The number of amides is 1. The first-order valence-corrected chi connectivity index (χ1v) is 9.40. The van der Waals surface area contributed by atoms with Gasteiger partial charge in [-0.2, -0.15) is 0 Å². The summed E-state index contributed by atoms with van der Waals surface area (Å²) in [4.78, 5) is 39.7. The quantitative estimate of drug-likeness (QED) is 0.318. The molecule has 10 heteroatoms. The number of ether oxygens (including phenoxy) is 3. The van der Waals surface area contributed by atoms with Gasteiger partial charge in [-0.25, -0.2) is 4.79 Å². The Balaban J connectivity index is 1.71. The number of hydrogen-bond acceptors (Lipinski definition) is 8. The SMILES string of the molecule is COc1ccc(NC(=O)C(C)OC(=O)c2ccccc2Oc2cccnc2)c([N+](=O)[O-])c1. The van der Waals surface area contributed by atoms with Crippen LogP contribution in [0.2, 0.25) is 0 Å². The van der Waals surface area contributed by atoms with Crippen LogP contribution in [0, 0.1) is 10.1 Å². The number of para-hydroxylation sites is 1. The van der Waals surface area contributed by atoms with Crippen molar-refractivity contribution >= 4 is 23.3 Å². The number of nitrogens with one attached hydrogen (secondary N) is 1. The lowest BCUT2D eigenvalue weighted by Crippen LogP contribution is -2.30. The lowest BCUT2D eigenvalue weighted by Gasteiger charge is -2.15. The molecule has 0 fully saturated rings. The maximum Gasteiger partial charge on any atom is 0.342 e. The van der Waals surface area contributed by atoms with Gasteiger partial charge in [0.15, 0.2) is 6.10 Å². The number of benzene rings is 2. The molecule has 0 bridgehead atoms. The predicted octanol–water partition coefficient (Wildman–Crippen LogP) is 3.97. The minimum absolute atomic E-state index is 0.0518. The van der Waals surface area contributed by atoms with Gasteiger partial charge in [0.1, 0.15) is 28.5 Å². The van der Waals surface area contributed by atoms with Crippen molar-refractivity contribution in [1.29, 1.82) is 0 Å². The van der Waals surface area contributed by atoms with E-state index in [2.05, 4.69) is 10.3 Å². The summed E-state index contributed by atoms with van der Waals surface area (Å²) in [6.07, 6.45) is 1.83. The van der Waals surface area contributed by atoms with E-state index in [1.54, 1.807) is 36.5 Å². The number of pyridine rings is 1. The summed E-state index contributed by atoms with van der Waals surface area (Å²) >= 11 is 0. The van der Waals surface area contributed by atoms with Crippen molar-refractivity contribution in [2.45, 2.75) is 13.0 Å². The number of carbonyl (C=O) groups excluding carboxylic acids is 2. The fourth-order valence-electron chi connectivity index (χ4n) is 2.67. The van der Waals surface area contributed by atoms with Crippen molar-refractivity contribution in [2.24, 2.45) is 0 Å². The minimum Gasteiger partial charge on any atom is -0.496 e. The van der Waals surface area contributed by atoms with Crippen LogP contribution in [0.4, 0.5) is 11.4 Å². The van der Waals surface area contributed by atoms with Crippen molar-refractivity contribution in [3.05, 3.63) is 82.7 Å². The first-order valence-electron chi connectivity index (χ1n) is 9.40. The molecule has 1 aromatic heterocycles. The monoisotopic (exact) mass is 437 g/mol. The third-order valence-electron chi connectivity index (χ3n) is 4.28. The number of methoxy groups -OCH3 is 1. The molecule has 0 aliphatic heterocycles. The Morgan fingerprint density at radius 2 is 1.88 bits per heavy atom. The van der Waals surface area contributed by atoms with Crippen LogP contribution in [-0.2, 0) is 9.53 Å². The van der Waals surface area contributed by atoms with Crippen LogP contribution in [0.5, 0.6) is 17.2 Å². The van der Waals surface area contributed by atoms with Gasteiger partial charge in [0.2, 0.25) is 0 Å². The number of nitro groups is 1. The molecule has 1 amide bonds. The van der Waals surface area contributed by atoms with Crippen LogP contribution < -0.4 is 14.8 Å². The zero-order valence-electron chi connectivity index (χ0n) is 17.2. The molecule has 3 rings (SSSR count). The molecule has 1 heterocycles. The molecule has 1 N–H and O–H groups in total. The van der Waals surface area contributed by atoms with E-state index < -0.39 is 22.9 Å². The largest absolute Gasteiger partial charge is 0.496 e. The summed E-state index contributed by atoms with van der Waals surface area (Å²) in [6.45, 7) is 1.35. The van der Waals surface area contributed by atoms with Crippen LogP contribution in [0.25, 0.3) is 0 Å². The molecule has 10 nitrogen and oxygen atoms in total. The van der Waals surface area contributed by atoms with Gasteiger partial charge >= 0.3 is 5.97 Å². The Morgan fingerprint density at radius 1 is 1.09 bits per heavy atom. The summed E-state index contributed by atoms with van der Waals surface area (Å²) < 4.78 is 15.9.